The molecule has 98 valence electrons. The van der Waals surface area contributed by atoms with Crippen molar-refractivity contribution in [2.24, 2.45) is 0 Å². The Morgan fingerprint density at radius 3 is 2.00 bits per heavy atom. The molecule has 2 rings (SSSR count). The lowest BCUT2D eigenvalue weighted by Gasteiger charge is -2.06. The van der Waals surface area contributed by atoms with Gasteiger partial charge in [-0.05, 0) is 18.6 Å². The summed E-state index contributed by atoms with van der Waals surface area (Å²) in [4.78, 5) is 11.9. The second-order valence-corrected chi connectivity index (χ2v) is 4.04. The van der Waals surface area contributed by atoms with Gasteiger partial charge in [0.1, 0.15) is 23.3 Å². The van der Waals surface area contributed by atoms with Gasteiger partial charge in [0.15, 0.2) is 5.78 Å². The molecule has 0 aromatic heterocycles. The summed E-state index contributed by atoms with van der Waals surface area (Å²) in [5.74, 6) is -5.45. The predicted molar refractivity (Wildman–Crippen MR) is 60.9 cm³/mol. The second-order valence-electron chi connectivity index (χ2n) is 4.04. The Bertz CT molecular complexity index is 641. The standard InChI is InChI=1S/C14H8F4O/c1-7-2-3-8(4-10(7)16)14(19)13-11(17)5-9(15)6-12(13)18/h2-6H,1H3. The van der Waals surface area contributed by atoms with Crippen LogP contribution in [-0.2, 0) is 0 Å². The van der Waals surface area contributed by atoms with Crippen LogP contribution in [0.5, 0.6) is 0 Å². The lowest BCUT2D eigenvalue weighted by molar-refractivity contribution is 0.103. The monoisotopic (exact) mass is 268 g/mol. The summed E-state index contributed by atoms with van der Waals surface area (Å²) in [5, 5.41) is 0. The van der Waals surface area contributed by atoms with Crippen molar-refractivity contribution in [1.82, 2.24) is 0 Å². The molecule has 1 nitrogen and oxygen atoms in total. The summed E-state index contributed by atoms with van der Waals surface area (Å²) in [6.45, 7) is 1.49. The molecule has 0 amide bonds. The van der Waals surface area contributed by atoms with Crippen LogP contribution in [0.15, 0.2) is 30.3 Å². The maximum atomic E-state index is 13.4. The van der Waals surface area contributed by atoms with Crippen LogP contribution >= 0.6 is 0 Å². The predicted octanol–water partition coefficient (Wildman–Crippen LogP) is 3.78. The van der Waals surface area contributed by atoms with Crippen LogP contribution in [-0.4, -0.2) is 5.78 Å². The number of benzene rings is 2. The molecule has 0 heterocycles. The Balaban J connectivity index is 2.53. The Labute approximate surface area is 106 Å². The Kier molecular flexibility index (Phi) is 3.38. The molecule has 0 aliphatic heterocycles. The summed E-state index contributed by atoms with van der Waals surface area (Å²) in [5.41, 5.74) is -0.797. The highest BCUT2D eigenvalue weighted by Crippen LogP contribution is 2.20. The number of ketones is 1. The fourth-order valence-electron chi connectivity index (χ4n) is 1.64. The summed E-state index contributed by atoms with van der Waals surface area (Å²) in [6, 6.07) is 4.27. The highest BCUT2D eigenvalue weighted by atomic mass is 19.1. The third-order valence-corrected chi connectivity index (χ3v) is 2.67. The van der Waals surface area contributed by atoms with E-state index in [0.717, 1.165) is 6.07 Å². The van der Waals surface area contributed by atoms with Crippen molar-refractivity contribution in [3.63, 3.8) is 0 Å². The van der Waals surface area contributed by atoms with Crippen LogP contribution < -0.4 is 0 Å². The van der Waals surface area contributed by atoms with Crippen molar-refractivity contribution < 1.29 is 22.4 Å². The number of aryl methyl sites for hydroxylation is 1. The first-order chi connectivity index (χ1) is 8.90. The molecule has 0 N–H and O–H groups in total. The average Bonchev–Trinajstić information content (AvgIpc) is 2.31. The molecule has 0 radical (unpaired) electrons. The molecule has 0 unspecified atom stereocenters. The van der Waals surface area contributed by atoms with E-state index in [0.29, 0.717) is 17.7 Å². The number of carbonyl (C=O) groups excluding carboxylic acids is 1. The zero-order valence-corrected chi connectivity index (χ0v) is 9.81. The molecular formula is C14H8F4O. The van der Waals surface area contributed by atoms with E-state index in [2.05, 4.69) is 0 Å². The number of hydrogen-bond acceptors (Lipinski definition) is 1. The molecule has 0 atom stereocenters. The van der Waals surface area contributed by atoms with E-state index in [1.54, 1.807) is 0 Å². The number of carbonyl (C=O) groups is 1. The summed E-state index contributed by atoms with van der Waals surface area (Å²) in [7, 11) is 0. The summed E-state index contributed by atoms with van der Waals surface area (Å²) >= 11 is 0. The average molecular weight is 268 g/mol. The lowest BCUT2D eigenvalue weighted by Crippen LogP contribution is -2.09. The van der Waals surface area contributed by atoms with Crippen LogP contribution in [0.1, 0.15) is 21.5 Å². The van der Waals surface area contributed by atoms with E-state index in [1.165, 1.54) is 19.1 Å². The maximum Gasteiger partial charge on any atom is 0.199 e. The fourth-order valence-corrected chi connectivity index (χ4v) is 1.64. The van der Waals surface area contributed by atoms with Gasteiger partial charge < -0.3 is 0 Å². The van der Waals surface area contributed by atoms with Crippen molar-refractivity contribution in [2.75, 3.05) is 0 Å². The van der Waals surface area contributed by atoms with E-state index in [-0.39, 0.29) is 5.56 Å². The van der Waals surface area contributed by atoms with Gasteiger partial charge in [0.05, 0.1) is 5.56 Å². The summed E-state index contributed by atoms with van der Waals surface area (Å²) in [6.07, 6.45) is 0. The largest absolute Gasteiger partial charge is 0.288 e. The van der Waals surface area contributed by atoms with Gasteiger partial charge >= 0.3 is 0 Å². The van der Waals surface area contributed by atoms with E-state index in [1.807, 2.05) is 0 Å². The van der Waals surface area contributed by atoms with Gasteiger partial charge in [-0.1, -0.05) is 12.1 Å². The van der Waals surface area contributed by atoms with E-state index < -0.39 is 34.6 Å². The van der Waals surface area contributed by atoms with Crippen molar-refractivity contribution in [2.45, 2.75) is 6.92 Å². The van der Waals surface area contributed by atoms with Crippen LogP contribution in [0.25, 0.3) is 0 Å². The summed E-state index contributed by atoms with van der Waals surface area (Å²) < 4.78 is 52.9. The minimum Gasteiger partial charge on any atom is -0.288 e. The molecule has 2 aromatic carbocycles. The van der Waals surface area contributed by atoms with Crippen molar-refractivity contribution in [3.8, 4) is 0 Å². The van der Waals surface area contributed by atoms with Crippen LogP contribution in [0, 0.1) is 30.2 Å². The highest BCUT2D eigenvalue weighted by molar-refractivity contribution is 6.09. The fraction of sp³-hybridized carbons (Fsp3) is 0.0714. The quantitative estimate of drug-likeness (QED) is 0.598. The maximum absolute atomic E-state index is 13.4. The normalized spacial score (nSPS) is 10.6. The van der Waals surface area contributed by atoms with Crippen molar-refractivity contribution in [1.29, 1.82) is 0 Å². The first-order valence-corrected chi connectivity index (χ1v) is 5.35. The minimum absolute atomic E-state index is 0.201. The molecule has 2 aromatic rings. The molecular weight excluding hydrogens is 260 g/mol. The Hall–Kier alpha value is -2.17. The van der Waals surface area contributed by atoms with E-state index >= 15 is 0 Å². The van der Waals surface area contributed by atoms with E-state index in [4.69, 9.17) is 0 Å². The molecule has 0 fully saturated rings. The van der Waals surface area contributed by atoms with Gasteiger partial charge in [-0.15, -0.1) is 0 Å². The lowest BCUT2D eigenvalue weighted by atomic mass is 10.0. The zero-order valence-electron chi connectivity index (χ0n) is 9.81. The van der Waals surface area contributed by atoms with Gasteiger partial charge in [-0.25, -0.2) is 17.6 Å². The third kappa shape index (κ3) is 2.50. The second kappa shape index (κ2) is 4.84. The highest BCUT2D eigenvalue weighted by Gasteiger charge is 2.21. The van der Waals surface area contributed by atoms with Gasteiger partial charge in [-0.2, -0.15) is 0 Å². The molecule has 0 aliphatic carbocycles. The van der Waals surface area contributed by atoms with Crippen molar-refractivity contribution >= 4 is 5.78 Å². The van der Waals surface area contributed by atoms with Crippen LogP contribution in [0.3, 0.4) is 0 Å². The first-order valence-electron chi connectivity index (χ1n) is 5.35. The molecule has 0 spiro atoms. The SMILES string of the molecule is Cc1ccc(C(=O)c2c(F)cc(F)cc2F)cc1F. The van der Waals surface area contributed by atoms with Gasteiger partial charge in [-0.3, -0.25) is 4.79 Å². The molecule has 0 saturated carbocycles. The molecule has 19 heavy (non-hydrogen) atoms. The zero-order chi connectivity index (χ0) is 14.2. The number of rotatable bonds is 2. The van der Waals surface area contributed by atoms with E-state index in [9.17, 15) is 22.4 Å². The minimum atomic E-state index is -1.32. The smallest absolute Gasteiger partial charge is 0.199 e. The molecule has 5 heteroatoms. The van der Waals surface area contributed by atoms with Gasteiger partial charge in [0, 0.05) is 17.7 Å². The van der Waals surface area contributed by atoms with Crippen molar-refractivity contribution in [3.05, 3.63) is 70.3 Å². The van der Waals surface area contributed by atoms with Gasteiger partial charge in [0.2, 0.25) is 0 Å². The Morgan fingerprint density at radius 2 is 1.47 bits per heavy atom. The third-order valence-electron chi connectivity index (χ3n) is 2.67. The molecule has 0 bridgehead atoms. The number of hydrogen-bond donors (Lipinski definition) is 0. The number of halogens is 4. The first kappa shape index (κ1) is 13.3. The van der Waals surface area contributed by atoms with Crippen LogP contribution in [0.4, 0.5) is 17.6 Å². The molecule has 0 aliphatic rings. The topological polar surface area (TPSA) is 17.1 Å². The Morgan fingerprint density at radius 1 is 0.895 bits per heavy atom. The molecule has 0 saturated heterocycles. The van der Waals surface area contributed by atoms with Crippen LogP contribution in [0.2, 0.25) is 0 Å². The van der Waals surface area contributed by atoms with Gasteiger partial charge in [0.25, 0.3) is 0 Å².